The third-order valence-corrected chi connectivity index (χ3v) is 2.86. The Morgan fingerprint density at radius 1 is 1.22 bits per heavy atom. The first-order valence-corrected chi connectivity index (χ1v) is 5.78. The van der Waals surface area contributed by atoms with Gasteiger partial charge in [-0.05, 0) is 19.9 Å². The number of imidazole rings is 1. The summed E-state index contributed by atoms with van der Waals surface area (Å²) in [4.78, 5) is 7.12. The van der Waals surface area contributed by atoms with E-state index in [1.165, 1.54) is 12.1 Å². The van der Waals surface area contributed by atoms with Crippen molar-refractivity contribution >= 4 is 0 Å². The molecule has 0 amide bonds. The van der Waals surface area contributed by atoms with Crippen molar-refractivity contribution in [1.82, 2.24) is 15.3 Å². The number of benzene rings is 1. The number of rotatable bonds is 4. The van der Waals surface area contributed by atoms with Crippen molar-refractivity contribution in [2.75, 3.05) is 0 Å². The van der Waals surface area contributed by atoms with E-state index in [0.717, 1.165) is 11.9 Å². The Morgan fingerprint density at radius 3 is 2.61 bits per heavy atom. The number of nitrogens with one attached hydrogen (secondary N) is 2. The van der Waals surface area contributed by atoms with E-state index in [2.05, 4.69) is 15.3 Å². The summed E-state index contributed by atoms with van der Waals surface area (Å²) in [6.07, 6.45) is 3.40. The molecule has 0 aliphatic rings. The first-order valence-electron chi connectivity index (χ1n) is 5.78. The molecule has 0 fully saturated rings. The fourth-order valence-electron chi connectivity index (χ4n) is 1.91. The summed E-state index contributed by atoms with van der Waals surface area (Å²) in [5.74, 6) is -0.325. The molecule has 2 aromatic rings. The number of hydrogen-bond donors (Lipinski definition) is 2. The fraction of sp³-hybridized carbons (Fsp3) is 0.308. The lowest BCUT2D eigenvalue weighted by molar-refractivity contribution is 0.459. The highest BCUT2D eigenvalue weighted by Crippen LogP contribution is 2.20. The zero-order chi connectivity index (χ0) is 13.1. The molecule has 0 aliphatic carbocycles. The van der Waals surface area contributed by atoms with Gasteiger partial charge in [-0.1, -0.05) is 6.07 Å². The first-order chi connectivity index (χ1) is 8.58. The van der Waals surface area contributed by atoms with E-state index in [1.807, 2.05) is 13.8 Å². The molecule has 2 atom stereocenters. The van der Waals surface area contributed by atoms with E-state index >= 15 is 0 Å². The number of nitrogens with zero attached hydrogens (tertiary/aromatic N) is 1. The van der Waals surface area contributed by atoms with Gasteiger partial charge < -0.3 is 10.3 Å². The minimum Gasteiger partial charge on any atom is -0.347 e. The van der Waals surface area contributed by atoms with Gasteiger partial charge in [0.15, 0.2) is 0 Å². The van der Waals surface area contributed by atoms with E-state index in [-0.39, 0.29) is 12.1 Å². The Bertz CT molecular complexity index is 511. The molecule has 96 valence electrons. The van der Waals surface area contributed by atoms with Crippen molar-refractivity contribution < 1.29 is 8.78 Å². The summed E-state index contributed by atoms with van der Waals surface area (Å²) >= 11 is 0. The molecular formula is C13H15F2N3. The zero-order valence-corrected chi connectivity index (χ0v) is 10.2. The van der Waals surface area contributed by atoms with Crippen molar-refractivity contribution in [3.63, 3.8) is 0 Å². The van der Waals surface area contributed by atoms with Crippen LogP contribution in [0.15, 0.2) is 30.6 Å². The lowest BCUT2D eigenvalue weighted by atomic mass is 10.1. The lowest BCUT2D eigenvalue weighted by Gasteiger charge is -2.19. The molecule has 0 bridgehead atoms. The number of aromatic nitrogens is 2. The molecular weight excluding hydrogens is 236 g/mol. The van der Waals surface area contributed by atoms with E-state index in [0.29, 0.717) is 5.56 Å². The van der Waals surface area contributed by atoms with E-state index in [4.69, 9.17) is 0 Å². The second kappa shape index (κ2) is 5.27. The molecule has 0 aliphatic heterocycles. The highest BCUT2D eigenvalue weighted by molar-refractivity contribution is 5.22. The summed E-state index contributed by atoms with van der Waals surface area (Å²) in [5, 5.41) is 3.20. The highest BCUT2D eigenvalue weighted by Gasteiger charge is 2.15. The molecule has 1 heterocycles. The minimum absolute atomic E-state index is 0.0422. The molecule has 2 unspecified atom stereocenters. The summed E-state index contributed by atoms with van der Waals surface area (Å²) in [7, 11) is 0. The van der Waals surface area contributed by atoms with Crippen LogP contribution in [0, 0.1) is 11.6 Å². The Balaban J connectivity index is 2.10. The molecule has 0 saturated carbocycles. The number of H-pyrrole nitrogens is 1. The second-order valence-corrected chi connectivity index (χ2v) is 4.25. The summed E-state index contributed by atoms with van der Waals surface area (Å²) in [6.45, 7) is 3.76. The van der Waals surface area contributed by atoms with Gasteiger partial charge in [0, 0.05) is 30.1 Å². The van der Waals surface area contributed by atoms with E-state index in [9.17, 15) is 8.78 Å². The smallest absolute Gasteiger partial charge is 0.130 e. The van der Waals surface area contributed by atoms with Crippen LogP contribution < -0.4 is 5.32 Å². The molecule has 2 rings (SSSR count). The quantitative estimate of drug-likeness (QED) is 0.876. The molecule has 3 nitrogen and oxygen atoms in total. The Morgan fingerprint density at radius 2 is 2.00 bits per heavy atom. The molecule has 0 saturated heterocycles. The van der Waals surface area contributed by atoms with Gasteiger partial charge in [0.2, 0.25) is 0 Å². The summed E-state index contributed by atoms with van der Waals surface area (Å²) in [6, 6.07) is 3.33. The maximum Gasteiger partial charge on any atom is 0.130 e. The summed E-state index contributed by atoms with van der Waals surface area (Å²) in [5.41, 5.74) is 0.440. The number of halogens is 2. The average Bonchev–Trinajstić information content (AvgIpc) is 2.81. The topological polar surface area (TPSA) is 40.7 Å². The molecule has 0 spiro atoms. The van der Waals surface area contributed by atoms with Crippen LogP contribution in [0.4, 0.5) is 8.78 Å². The van der Waals surface area contributed by atoms with E-state index in [1.54, 1.807) is 12.4 Å². The van der Waals surface area contributed by atoms with Crippen LogP contribution in [0.5, 0.6) is 0 Å². The van der Waals surface area contributed by atoms with Gasteiger partial charge in [0.1, 0.15) is 17.5 Å². The van der Waals surface area contributed by atoms with Crippen LogP contribution in [0.1, 0.15) is 37.3 Å². The average molecular weight is 251 g/mol. The predicted octanol–water partition coefficient (Wildman–Crippen LogP) is 3.10. The highest BCUT2D eigenvalue weighted by atomic mass is 19.1. The van der Waals surface area contributed by atoms with Crippen molar-refractivity contribution in [2.45, 2.75) is 25.9 Å². The van der Waals surface area contributed by atoms with Crippen molar-refractivity contribution in [3.8, 4) is 0 Å². The Kier molecular flexibility index (Phi) is 3.72. The molecule has 1 aromatic heterocycles. The summed E-state index contributed by atoms with van der Waals surface area (Å²) < 4.78 is 26.4. The van der Waals surface area contributed by atoms with Crippen LogP contribution in [0.2, 0.25) is 0 Å². The van der Waals surface area contributed by atoms with Crippen molar-refractivity contribution in [3.05, 3.63) is 53.6 Å². The fourth-order valence-corrected chi connectivity index (χ4v) is 1.91. The maximum atomic E-state index is 13.6. The van der Waals surface area contributed by atoms with Gasteiger partial charge in [-0.15, -0.1) is 0 Å². The minimum atomic E-state index is -0.567. The molecule has 1 aromatic carbocycles. The van der Waals surface area contributed by atoms with Gasteiger partial charge in [-0.3, -0.25) is 0 Å². The standard InChI is InChI=1S/C13H15F2N3/c1-8(11-4-3-10(14)7-12(11)15)18-9(2)13-16-5-6-17-13/h3-9,18H,1-2H3,(H,16,17). The SMILES string of the molecule is CC(NC(C)c1ccc(F)cc1F)c1ncc[nH]1. The maximum absolute atomic E-state index is 13.6. The van der Waals surface area contributed by atoms with Crippen molar-refractivity contribution in [2.24, 2.45) is 0 Å². The molecule has 18 heavy (non-hydrogen) atoms. The van der Waals surface area contributed by atoms with Gasteiger partial charge in [-0.2, -0.15) is 0 Å². The van der Waals surface area contributed by atoms with Crippen LogP contribution in [-0.2, 0) is 0 Å². The number of aromatic amines is 1. The van der Waals surface area contributed by atoms with Crippen LogP contribution >= 0.6 is 0 Å². The first kappa shape index (κ1) is 12.7. The third kappa shape index (κ3) is 2.73. The van der Waals surface area contributed by atoms with Crippen molar-refractivity contribution in [1.29, 1.82) is 0 Å². The third-order valence-electron chi connectivity index (χ3n) is 2.86. The van der Waals surface area contributed by atoms with Gasteiger partial charge >= 0.3 is 0 Å². The van der Waals surface area contributed by atoms with Crippen LogP contribution in [0.3, 0.4) is 0 Å². The molecule has 0 radical (unpaired) electrons. The van der Waals surface area contributed by atoms with Gasteiger partial charge in [-0.25, -0.2) is 13.8 Å². The second-order valence-electron chi connectivity index (χ2n) is 4.25. The van der Waals surface area contributed by atoms with Crippen LogP contribution in [0.25, 0.3) is 0 Å². The zero-order valence-electron chi connectivity index (χ0n) is 10.2. The number of hydrogen-bond acceptors (Lipinski definition) is 2. The largest absolute Gasteiger partial charge is 0.347 e. The van der Waals surface area contributed by atoms with Gasteiger partial charge in [0.25, 0.3) is 0 Å². The Labute approximate surface area is 104 Å². The molecule has 2 N–H and O–H groups in total. The molecule has 5 heteroatoms. The van der Waals surface area contributed by atoms with Crippen LogP contribution in [-0.4, -0.2) is 9.97 Å². The van der Waals surface area contributed by atoms with Gasteiger partial charge in [0.05, 0.1) is 6.04 Å². The normalized spacial score (nSPS) is 14.4. The predicted molar refractivity (Wildman–Crippen MR) is 64.9 cm³/mol. The van der Waals surface area contributed by atoms with E-state index < -0.39 is 11.6 Å². The monoisotopic (exact) mass is 251 g/mol. The Hall–Kier alpha value is -1.75. The lowest BCUT2D eigenvalue weighted by Crippen LogP contribution is -2.24.